The molecule has 240 valence electrons. The first-order chi connectivity index (χ1) is 21.6. The Bertz CT molecular complexity index is 1530. The number of carbonyl (C=O) groups excluding carboxylic acids is 3. The number of carboxylic acids is 1. The Morgan fingerprint density at radius 2 is 1.40 bits per heavy atom. The largest absolute Gasteiger partial charge is 0.478 e. The van der Waals surface area contributed by atoms with E-state index in [4.69, 9.17) is 19.6 Å². The maximum absolute atomic E-state index is 13.5. The third-order valence-electron chi connectivity index (χ3n) is 6.38. The molecule has 0 spiro atoms. The number of benzene rings is 3. The number of hydrogen-bond donors (Lipinski definition) is 6. The second-order valence-corrected chi connectivity index (χ2v) is 9.90. The van der Waals surface area contributed by atoms with Gasteiger partial charge in [0.25, 0.3) is 5.91 Å². The molecule has 0 unspecified atom stereocenters. The molecule has 0 fully saturated rings. The maximum Gasteiger partial charge on any atom is 0.411 e. The Labute approximate surface area is 259 Å². The molecule has 0 radical (unpaired) electrons. The summed E-state index contributed by atoms with van der Waals surface area (Å²) < 4.78 is 10.0. The summed E-state index contributed by atoms with van der Waals surface area (Å²) in [5, 5.41) is 26.9. The van der Waals surface area contributed by atoms with E-state index in [1.165, 1.54) is 18.2 Å². The van der Waals surface area contributed by atoms with Crippen molar-refractivity contribution in [3.63, 3.8) is 0 Å². The summed E-state index contributed by atoms with van der Waals surface area (Å²) in [4.78, 5) is 58.9. The van der Waals surface area contributed by atoms with Crippen molar-refractivity contribution in [2.24, 2.45) is 5.92 Å². The molecule has 3 aromatic rings. The summed E-state index contributed by atoms with van der Waals surface area (Å²) in [6.07, 6.45) is -0.807. The van der Waals surface area contributed by atoms with Gasteiger partial charge in [-0.15, -0.1) is 0 Å². The number of amides is 2. The number of rotatable bonds is 15. The fourth-order valence-corrected chi connectivity index (χ4v) is 4.11. The summed E-state index contributed by atoms with van der Waals surface area (Å²) in [5.41, 5.74) is 5.92. The Balaban J connectivity index is 1.83. The molecule has 14 heteroatoms. The van der Waals surface area contributed by atoms with E-state index in [1.807, 2.05) is 0 Å². The number of nitrogens with one attached hydrogen (secondary N) is 4. The fourth-order valence-electron chi connectivity index (χ4n) is 4.11. The van der Waals surface area contributed by atoms with E-state index in [-0.39, 0.29) is 54.8 Å². The third-order valence-corrected chi connectivity index (χ3v) is 6.38. The molecule has 45 heavy (non-hydrogen) atoms. The van der Waals surface area contributed by atoms with Crippen LogP contribution in [0, 0.1) is 5.92 Å². The van der Waals surface area contributed by atoms with Crippen LogP contribution in [0.15, 0.2) is 54.6 Å². The van der Waals surface area contributed by atoms with Gasteiger partial charge in [-0.1, -0.05) is 32.0 Å². The molecule has 3 aromatic carbocycles. The number of carbonyl (C=O) groups is 4. The average molecular weight is 625 g/mol. The molecule has 0 heterocycles. The predicted octanol–water partition coefficient (Wildman–Crippen LogP) is 4.73. The van der Waals surface area contributed by atoms with Crippen molar-refractivity contribution in [2.75, 3.05) is 43.3 Å². The number of hydrogen-bond acceptors (Lipinski definition) is 11. The molecule has 0 aliphatic rings. The number of esters is 1. The highest BCUT2D eigenvalue weighted by atomic mass is 17.1. The summed E-state index contributed by atoms with van der Waals surface area (Å²) in [7, 11) is 3.25. The smallest absolute Gasteiger partial charge is 0.411 e. The molecule has 0 aliphatic carbocycles. The lowest BCUT2D eigenvalue weighted by atomic mass is 9.95. The number of carboxylic acid groups (broad SMARTS) is 1. The first-order valence-corrected chi connectivity index (χ1v) is 13.8. The van der Waals surface area contributed by atoms with E-state index in [0.29, 0.717) is 27.9 Å². The molecule has 3 rings (SSSR count). The molecular weight excluding hydrogens is 588 g/mol. The van der Waals surface area contributed by atoms with Gasteiger partial charge >= 0.3 is 18.0 Å². The van der Waals surface area contributed by atoms with Gasteiger partial charge in [0.15, 0.2) is 0 Å². The van der Waals surface area contributed by atoms with Gasteiger partial charge < -0.3 is 25.2 Å². The van der Waals surface area contributed by atoms with E-state index in [0.717, 1.165) is 0 Å². The normalized spacial score (nSPS) is 10.7. The first kappa shape index (κ1) is 34.5. The second kappa shape index (κ2) is 16.7. The van der Waals surface area contributed by atoms with Crippen molar-refractivity contribution in [3.05, 3.63) is 76.9 Å². The molecule has 0 saturated carbocycles. The topological polar surface area (TPSA) is 194 Å². The molecule has 2 amide bonds. The van der Waals surface area contributed by atoms with E-state index in [2.05, 4.69) is 26.3 Å². The van der Waals surface area contributed by atoms with E-state index in [1.54, 1.807) is 64.3 Å². The van der Waals surface area contributed by atoms with Crippen LogP contribution in [0.3, 0.4) is 0 Å². The van der Waals surface area contributed by atoms with Crippen LogP contribution in [0.2, 0.25) is 0 Å². The van der Waals surface area contributed by atoms with Crippen molar-refractivity contribution in [1.82, 2.24) is 5.48 Å². The zero-order valence-corrected chi connectivity index (χ0v) is 25.3. The van der Waals surface area contributed by atoms with Crippen LogP contribution in [0.25, 0.3) is 11.1 Å². The van der Waals surface area contributed by atoms with Gasteiger partial charge in [-0.2, -0.15) is 0 Å². The number of anilines is 3. The summed E-state index contributed by atoms with van der Waals surface area (Å²) in [6.45, 7) is 3.21. The van der Waals surface area contributed by atoms with Gasteiger partial charge in [0, 0.05) is 31.2 Å². The highest BCUT2D eigenvalue weighted by molar-refractivity contribution is 6.11. The SMILES string of the molecule is CNOCc1cc(-c2ccc(C(=O)O)c(C(=O)Nc3cc(NC)cc(NC(=O)OCCOC(=O)C(C)C)c3)c2)ccc1COO. The van der Waals surface area contributed by atoms with Crippen LogP contribution in [-0.2, 0) is 37.2 Å². The zero-order chi connectivity index (χ0) is 32.9. The van der Waals surface area contributed by atoms with E-state index < -0.39 is 23.9 Å². The quantitative estimate of drug-likeness (QED) is 0.0590. The summed E-state index contributed by atoms with van der Waals surface area (Å²) in [6, 6.07) is 14.3. The van der Waals surface area contributed by atoms with Crippen LogP contribution >= 0.6 is 0 Å². The Morgan fingerprint density at radius 3 is 2.04 bits per heavy atom. The molecule has 0 saturated heterocycles. The van der Waals surface area contributed by atoms with Crippen molar-refractivity contribution < 1.29 is 48.7 Å². The lowest BCUT2D eigenvalue weighted by molar-refractivity contribution is -0.253. The Morgan fingerprint density at radius 1 is 0.756 bits per heavy atom. The summed E-state index contributed by atoms with van der Waals surface area (Å²) >= 11 is 0. The van der Waals surface area contributed by atoms with Gasteiger partial charge in [-0.25, -0.2) is 20.0 Å². The molecule has 0 atom stereocenters. The van der Waals surface area contributed by atoms with Crippen LogP contribution in [-0.4, -0.2) is 61.6 Å². The molecule has 0 bridgehead atoms. The van der Waals surface area contributed by atoms with Crippen LogP contribution < -0.4 is 21.4 Å². The van der Waals surface area contributed by atoms with Crippen molar-refractivity contribution in [3.8, 4) is 11.1 Å². The number of ether oxygens (including phenoxy) is 2. The average Bonchev–Trinajstić information content (AvgIpc) is 3.01. The minimum Gasteiger partial charge on any atom is -0.478 e. The minimum atomic E-state index is -1.29. The highest BCUT2D eigenvalue weighted by Crippen LogP contribution is 2.28. The van der Waals surface area contributed by atoms with Gasteiger partial charge in [-0.3, -0.25) is 25.0 Å². The maximum atomic E-state index is 13.5. The molecule has 0 aromatic heterocycles. The second-order valence-electron chi connectivity index (χ2n) is 9.90. The van der Waals surface area contributed by atoms with E-state index in [9.17, 15) is 24.3 Å². The van der Waals surface area contributed by atoms with Crippen molar-refractivity contribution >= 4 is 41.0 Å². The zero-order valence-electron chi connectivity index (χ0n) is 25.3. The molecule has 6 N–H and O–H groups in total. The van der Waals surface area contributed by atoms with Gasteiger partial charge in [0.1, 0.15) is 19.8 Å². The molecular formula is C31H36N4O10. The Hall–Kier alpha value is -5.02. The lowest BCUT2D eigenvalue weighted by Crippen LogP contribution is -2.20. The lowest BCUT2D eigenvalue weighted by Gasteiger charge is -2.15. The number of hydroxylamine groups is 1. The minimum absolute atomic E-state index is 0.0672. The third kappa shape index (κ3) is 10.0. The molecule has 14 nitrogen and oxygen atoms in total. The highest BCUT2D eigenvalue weighted by Gasteiger charge is 2.19. The predicted molar refractivity (Wildman–Crippen MR) is 165 cm³/mol. The van der Waals surface area contributed by atoms with Crippen molar-refractivity contribution in [2.45, 2.75) is 27.1 Å². The Kier molecular flexibility index (Phi) is 12.8. The van der Waals surface area contributed by atoms with Crippen LogP contribution in [0.1, 0.15) is 45.7 Å². The fraction of sp³-hybridized carbons (Fsp3) is 0.290. The van der Waals surface area contributed by atoms with Gasteiger partial charge in [0.2, 0.25) is 0 Å². The standard InChI is InChI=1S/C31H36N4O10/c1-18(2)30(39)42-9-10-43-31(40)35-25-14-23(32-3)13-24(15-25)34-28(36)27-12-20(7-8-26(27)29(37)38)19-5-6-21(17-45-41)22(11-19)16-44-33-4/h5-8,11-15,18,32-33,41H,9-10,16-17H2,1-4H3,(H,34,36)(H,35,40)(H,37,38). The summed E-state index contributed by atoms with van der Waals surface area (Å²) in [5.74, 6) is -2.71. The number of aromatic carboxylic acids is 1. The van der Waals surface area contributed by atoms with Crippen LogP contribution in [0.5, 0.6) is 0 Å². The van der Waals surface area contributed by atoms with Gasteiger partial charge in [-0.05, 0) is 58.7 Å². The monoisotopic (exact) mass is 624 g/mol. The molecule has 0 aliphatic heterocycles. The first-order valence-electron chi connectivity index (χ1n) is 13.8. The van der Waals surface area contributed by atoms with E-state index >= 15 is 0 Å². The van der Waals surface area contributed by atoms with Crippen LogP contribution in [0.4, 0.5) is 21.9 Å². The van der Waals surface area contributed by atoms with Crippen molar-refractivity contribution in [1.29, 1.82) is 0 Å². The van der Waals surface area contributed by atoms with Gasteiger partial charge in [0.05, 0.1) is 23.7 Å².